The molecule has 0 unspecified atom stereocenters. The zero-order valence-corrected chi connectivity index (χ0v) is 13.1. The molecule has 6 nitrogen and oxygen atoms in total. The molecule has 0 N–H and O–H groups in total. The minimum absolute atomic E-state index is 0.434. The molecular formula is C14H17ClN6. The van der Waals surface area contributed by atoms with Crippen molar-refractivity contribution in [1.82, 2.24) is 29.5 Å². The molecule has 0 spiro atoms. The summed E-state index contributed by atoms with van der Waals surface area (Å²) in [5.74, 6) is 0.650. The second kappa shape index (κ2) is 5.44. The molecule has 0 aliphatic rings. The van der Waals surface area contributed by atoms with Gasteiger partial charge in [0.1, 0.15) is 11.7 Å². The smallest absolute Gasteiger partial charge is 0.162 e. The van der Waals surface area contributed by atoms with Crippen molar-refractivity contribution in [2.24, 2.45) is 7.05 Å². The molecule has 3 aromatic rings. The normalized spacial score (nSPS) is 11.4. The fraction of sp³-hybridized carbons (Fsp3) is 0.429. The van der Waals surface area contributed by atoms with E-state index in [0.717, 1.165) is 29.6 Å². The second-order valence-corrected chi connectivity index (χ2v) is 5.29. The molecule has 0 saturated carbocycles. The highest BCUT2D eigenvalue weighted by Gasteiger charge is 2.12. The molecule has 0 aliphatic heterocycles. The van der Waals surface area contributed by atoms with Crippen LogP contribution < -0.4 is 0 Å². The number of hydrogen-bond donors (Lipinski definition) is 0. The van der Waals surface area contributed by atoms with Crippen LogP contribution >= 0.6 is 11.6 Å². The Hall–Kier alpha value is -1.95. The van der Waals surface area contributed by atoms with Crippen LogP contribution in [0.4, 0.5) is 0 Å². The quantitative estimate of drug-likeness (QED) is 0.694. The van der Waals surface area contributed by atoms with E-state index in [1.54, 1.807) is 10.9 Å². The second-order valence-electron chi connectivity index (χ2n) is 4.93. The first kappa shape index (κ1) is 14.0. The van der Waals surface area contributed by atoms with Crippen LogP contribution in [-0.4, -0.2) is 29.5 Å². The standard InChI is InChI=1S/C14H17ClN6/c1-4-9-6-10(5-2)21(19-9)8-12-17-13(15)11-7-16-20(3)14(11)18-12/h6-7H,4-5,8H2,1-3H3. The lowest BCUT2D eigenvalue weighted by Gasteiger charge is -2.06. The molecule has 110 valence electrons. The van der Waals surface area contributed by atoms with Crippen molar-refractivity contribution < 1.29 is 0 Å². The molecule has 0 saturated heterocycles. The van der Waals surface area contributed by atoms with Crippen molar-refractivity contribution in [3.63, 3.8) is 0 Å². The Morgan fingerprint density at radius 3 is 2.71 bits per heavy atom. The largest absolute Gasteiger partial charge is 0.262 e. The van der Waals surface area contributed by atoms with Crippen molar-refractivity contribution in [3.8, 4) is 0 Å². The topological polar surface area (TPSA) is 61.4 Å². The minimum atomic E-state index is 0.434. The van der Waals surface area contributed by atoms with Crippen molar-refractivity contribution >= 4 is 22.6 Å². The summed E-state index contributed by atoms with van der Waals surface area (Å²) in [6, 6.07) is 2.13. The third kappa shape index (κ3) is 2.51. The molecule has 3 heterocycles. The Bertz CT molecular complexity index is 788. The fourth-order valence-electron chi connectivity index (χ4n) is 2.34. The van der Waals surface area contributed by atoms with Gasteiger partial charge in [-0.1, -0.05) is 25.4 Å². The van der Waals surface area contributed by atoms with Crippen molar-refractivity contribution in [3.05, 3.63) is 34.6 Å². The maximum absolute atomic E-state index is 6.21. The summed E-state index contributed by atoms with van der Waals surface area (Å²) in [6.07, 6.45) is 3.53. The van der Waals surface area contributed by atoms with E-state index in [2.05, 4.69) is 40.1 Å². The molecule has 0 atom stereocenters. The van der Waals surface area contributed by atoms with Gasteiger partial charge in [0.25, 0.3) is 0 Å². The van der Waals surface area contributed by atoms with Crippen LogP contribution in [0.1, 0.15) is 31.1 Å². The number of rotatable bonds is 4. The monoisotopic (exact) mass is 304 g/mol. The fourth-order valence-corrected chi connectivity index (χ4v) is 2.57. The number of aromatic nitrogens is 6. The van der Waals surface area contributed by atoms with Crippen LogP contribution in [0.15, 0.2) is 12.3 Å². The third-order valence-electron chi connectivity index (χ3n) is 3.52. The number of hydrogen-bond acceptors (Lipinski definition) is 4. The van der Waals surface area contributed by atoms with Gasteiger partial charge in [0.15, 0.2) is 11.5 Å². The van der Waals surface area contributed by atoms with Crippen molar-refractivity contribution in [2.75, 3.05) is 0 Å². The van der Waals surface area contributed by atoms with Gasteiger partial charge >= 0.3 is 0 Å². The molecular weight excluding hydrogens is 288 g/mol. The van der Waals surface area contributed by atoms with Gasteiger partial charge in [-0.3, -0.25) is 9.36 Å². The summed E-state index contributed by atoms with van der Waals surface area (Å²) in [6.45, 7) is 4.73. The third-order valence-corrected chi connectivity index (χ3v) is 3.81. The predicted molar refractivity (Wildman–Crippen MR) is 81.4 cm³/mol. The van der Waals surface area contributed by atoms with Crippen LogP contribution in [0.25, 0.3) is 11.0 Å². The average molecular weight is 305 g/mol. The Labute approximate surface area is 127 Å². The van der Waals surface area contributed by atoms with Gasteiger partial charge in [-0.15, -0.1) is 0 Å². The molecule has 0 bridgehead atoms. The van der Waals surface area contributed by atoms with E-state index in [9.17, 15) is 0 Å². The molecule has 3 aromatic heterocycles. The maximum Gasteiger partial charge on any atom is 0.162 e. The minimum Gasteiger partial charge on any atom is -0.262 e. The highest BCUT2D eigenvalue weighted by Crippen LogP contribution is 2.20. The lowest BCUT2D eigenvalue weighted by Crippen LogP contribution is -2.10. The van der Waals surface area contributed by atoms with E-state index in [4.69, 9.17) is 11.6 Å². The summed E-state index contributed by atoms with van der Waals surface area (Å²) in [4.78, 5) is 8.91. The van der Waals surface area contributed by atoms with E-state index in [0.29, 0.717) is 17.5 Å². The Morgan fingerprint density at radius 1 is 1.19 bits per heavy atom. The van der Waals surface area contributed by atoms with Gasteiger partial charge < -0.3 is 0 Å². The SMILES string of the molecule is CCc1cc(CC)n(Cc2nc(Cl)c3cnn(C)c3n2)n1. The predicted octanol–water partition coefficient (Wildman–Crippen LogP) is 2.39. The summed E-state index contributed by atoms with van der Waals surface area (Å²) >= 11 is 6.21. The zero-order valence-electron chi connectivity index (χ0n) is 12.3. The van der Waals surface area contributed by atoms with E-state index in [1.165, 1.54) is 5.69 Å². The molecule has 3 rings (SSSR count). The highest BCUT2D eigenvalue weighted by molar-refractivity contribution is 6.33. The van der Waals surface area contributed by atoms with Gasteiger partial charge in [0.05, 0.1) is 17.3 Å². The van der Waals surface area contributed by atoms with E-state index in [1.807, 2.05) is 11.7 Å². The molecule has 0 aliphatic carbocycles. The van der Waals surface area contributed by atoms with Crippen molar-refractivity contribution in [1.29, 1.82) is 0 Å². The van der Waals surface area contributed by atoms with Crippen LogP contribution in [0.5, 0.6) is 0 Å². The zero-order chi connectivity index (χ0) is 15.0. The average Bonchev–Trinajstić information content (AvgIpc) is 3.03. The number of nitrogens with zero attached hydrogens (tertiary/aromatic N) is 6. The van der Waals surface area contributed by atoms with Gasteiger partial charge in [-0.2, -0.15) is 10.2 Å². The van der Waals surface area contributed by atoms with Gasteiger partial charge in [-0.25, -0.2) is 9.97 Å². The molecule has 21 heavy (non-hydrogen) atoms. The molecule has 0 amide bonds. The Morgan fingerprint density at radius 2 is 2.00 bits per heavy atom. The molecule has 0 aromatic carbocycles. The van der Waals surface area contributed by atoms with Gasteiger partial charge in [0, 0.05) is 12.7 Å². The Kier molecular flexibility index (Phi) is 3.63. The molecule has 0 fully saturated rings. The summed E-state index contributed by atoms with van der Waals surface area (Å²) in [5.41, 5.74) is 3.00. The first-order chi connectivity index (χ1) is 10.1. The van der Waals surface area contributed by atoms with Crippen LogP contribution in [-0.2, 0) is 26.4 Å². The van der Waals surface area contributed by atoms with Gasteiger partial charge in [0.2, 0.25) is 0 Å². The molecule has 0 radical (unpaired) electrons. The maximum atomic E-state index is 6.21. The lowest BCUT2D eigenvalue weighted by molar-refractivity contribution is 0.617. The Balaban J connectivity index is 2.01. The summed E-state index contributed by atoms with van der Waals surface area (Å²) in [5, 5.41) is 9.95. The van der Waals surface area contributed by atoms with Crippen LogP contribution in [0.2, 0.25) is 5.15 Å². The highest BCUT2D eigenvalue weighted by atomic mass is 35.5. The summed E-state index contributed by atoms with van der Waals surface area (Å²) < 4.78 is 3.65. The van der Waals surface area contributed by atoms with E-state index >= 15 is 0 Å². The molecule has 7 heteroatoms. The van der Waals surface area contributed by atoms with Gasteiger partial charge in [-0.05, 0) is 18.9 Å². The van der Waals surface area contributed by atoms with Crippen molar-refractivity contribution in [2.45, 2.75) is 33.2 Å². The number of fused-ring (bicyclic) bond motifs is 1. The number of halogens is 1. The lowest BCUT2D eigenvalue weighted by atomic mass is 10.2. The first-order valence-electron chi connectivity index (χ1n) is 7.02. The van der Waals surface area contributed by atoms with Crippen LogP contribution in [0.3, 0.4) is 0 Å². The van der Waals surface area contributed by atoms with Crippen LogP contribution in [0, 0.1) is 0 Å². The van der Waals surface area contributed by atoms with E-state index in [-0.39, 0.29) is 0 Å². The summed E-state index contributed by atoms with van der Waals surface area (Å²) in [7, 11) is 1.84. The first-order valence-corrected chi connectivity index (χ1v) is 7.39. The van der Waals surface area contributed by atoms with E-state index < -0.39 is 0 Å². The number of aryl methyl sites for hydroxylation is 3.